The smallest absolute Gasteiger partial charge is 0.164 e. The van der Waals surface area contributed by atoms with Gasteiger partial charge in [0.05, 0.1) is 34.0 Å². The minimum absolute atomic E-state index is 0.0490. The normalized spacial score (nSPS) is 12.8. The Morgan fingerprint density at radius 3 is 2.89 bits per heavy atom. The van der Waals surface area contributed by atoms with Crippen LogP contribution in [0.5, 0.6) is 0 Å². The monoisotopic (exact) mass is 375 g/mol. The minimum Gasteiger partial charge on any atom is -0.383 e. The van der Waals surface area contributed by atoms with Gasteiger partial charge in [0, 0.05) is 22.7 Å². The van der Waals surface area contributed by atoms with Crippen LogP contribution in [-0.4, -0.2) is 29.1 Å². The van der Waals surface area contributed by atoms with E-state index in [1.165, 1.54) is 6.33 Å². The summed E-state index contributed by atoms with van der Waals surface area (Å²) in [6.45, 7) is 4.05. The molecule has 0 bridgehead atoms. The summed E-state index contributed by atoms with van der Waals surface area (Å²) in [5.74, 6) is 0.456. The van der Waals surface area contributed by atoms with Crippen molar-refractivity contribution in [2.75, 3.05) is 5.73 Å². The van der Waals surface area contributed by atoms with Gasteiger partial charge < -0.3 is 10.1 Å². The Labute approximate surface area is 159 Å². The number of rotatable bonds is 3. The molecule has 8 heteroatoms. The van der Waals surface area contributed by atoms with E-state index in [0.29, 0.717) is 5.82 Å². The summed E-state index contributed by atoms with van der Waals surface area (Å²) in [5, 5.41) is 7.60. The molecule has 2 N–H and O–H groups in total. The summed E-state index contributed by atoms with van der Waals surface area (Å²) in [5.41, 5.74) is 13.8. The molecule has 0 saturated heterocycles. The predicted octanol–water partition coefficient (Wildman–Crippen LogP) is 3.70. The number of anilines is 1. The molecule has 0 aliphatic heterocycles. The van der Waals surface area contributed by atoms with Crippen molar-refractivity contribution in [1.82, 2.24) is 29.1 Å². The van der Waals surface area contributed by atoms with Crippen molar-refractivity contribution in [2.24, 2.45) is 0 Å². The summed E-state index contributed by atoms with van der Waals surface area (Å²) >= 11 is 1.59. The fourth-order valence-electron chi connectivity index (χ4n) is 3.63. The highest BCUT2D eigenvalue weighted by Gasteiger charge is 2.23. The van der Waals surface area contributed by atoms with Crippen LogP contribution < -0.4 is 5.73 Å². The quantitative estimate of drug-likeness (QED) is 0.519. The largest absolute Gasteiger partial charge is 0.383 e. The maximum atomic E-state index is 6.06. The van der Waals surface area contributed by atoms with E-state index in [1.807, 2.05) is 29.2 Å². The van der Waals surface area contributed by atoms with E-state index in [4.69, 9.17) is 10.8 Å². The molecule has 5 aromatic heterocycles. The van der Waals surface area contributed by atoms with E-state index in [2.05, 4.69) is 50.0 Å². The number of hydrogen-bond donors (Lipinski definition) is 1. The van der Waals surface area contributed by atoms with Gasteiger partial charge in [-0.3, -0.25) is 0 Å². The number of aromatic nitrogens is 6. The molecular weight excluding hydrogens is 358 g/mol. The van der Waals surface area contributed by atoms with Gasteiger partial charge in [0.15, 0.2) is 5.65 Å². The zero-order valence-corrected chi connectivity index (χ0v) is 15.7. The summed E-state index contributed by atoms with van der Waals surface area (Å²) in [4.78, 5) is 13.1. The number of nitrogens with zero attached hydrogens (tertiary/aromatic N) is 6. The highest BCUT2D eigenvalue weighted by atomic mass is 32.1. The summed E-state index contributed by atoms with van der Waals surface area (Å²) in [6.07, 6.45) is 3.55. The van der Waals surface area contributed by atoms with Crippen molar-refractivity contribution < 1.29 is 0 Å². The first-order valence-corrected chi connectivity index (χ1v) is 9.53. The summed E-state index contributed by atoms with van der Waals surface area (Å²) < 4.78 is 4.09. The topological polar surface area (TPSA) is 86.9 Å². The first kappa shape index (κ1) is 16.0. The molecular formula is C19H17N7S. The number of thiazole rings is 1. The second kappa shape index (κ2) is 5.88. The van der Waals surface area contributed by atoms with E-state index in [-0.39, 0.29) is 6.04 Å². The maximum Gasteiger partial charge on any atom is 0.164 e. The van der Waals surface area contributed by atoms with Gasteiger partial charge in [-0.25, -0.2) is 19.6 Å². The van der Waals surface area contributed by atoms with Gasteiger partial charge >= 0.3 is 0 Å². The standard InChI is InChI=1S/C19H17N7S/c1-11-16-18(20)21-9-22-19(16)26(24-11)12(2)14-7-13-5-3-4-6-25(13)17(14)15-8-27-10-23-15/h3-10,12H,1-2H3,(H2,20,21,22). The fourth-order valence-corrected chi connectivity index (χ4v) is 4.17. The molecule has 5 heterocycles. The number of pyridine rings is 1. The molecule has 0 fully saturated rings. The van der Waals surface area contributed by atoms with Gasteiger partial charge in [-0.2, -0.15) is 5.10 Å². The second-order valence-electron chi connectivity index (χ2n) is 6.48. The van der Waals surface area contributed by atoms with Gasteiger partial charge in [0.1, 0.15) is 12.1 Å². The van der Waals surface area contributed by atoms with Crippen LogP contribution >= 0.6 is 11.3 Å². The Morgan fingerprint density at radius 1 is 1.19 bits per heavy atom. The molecule has 0 spiro atoms. The van der Waals surface area contributed by atoms with Crippen LogP contribution in [0.1, 0.15) is 24.2 Å². The molecule has 7 nitrogen and oxygen atoms in total. The lowest BCUT2D eigenvalue weighted by atomic mass is 10.1. The van der Waals surface area contributed by atoms with Crippen molar-refractivity contribution >= 4 is 33.7 Å². The van der Waals surface area contributed by atoms with Crippen LogP contribution in [0.2, 0.25) is 0 Å². The van der Waals surface area contributed by atoms with Crippen LogP contribution in [0.15, 0.2) is 47.7 Å². The summed E-state index contributed by atoms with van der Waals surface area (Å²) in [7, 11) is 0. The molecule has 0 aromatic carbocycles. The molecule has 0 aliphatic rings. The zero-order chi connectivity index (χ0) is 18.5. The average molecular weight is 375 g/mol. The Balaban J connectivity index is 1.78. The molecule has 5 rings (SSSR count). The molecule has 1 unspecified atom stereocenters. The third kappa shape index (κ3) is 2.33. The molecule has 1 atom stereocenters. The van der Waals surface area contributed by atoms with Gasteiger partial charge in [-0.05, 0) is 32.0 Å². The number of nitrogens with two attached hydrogens (primary N) is 1. The lowest BCUT2D eigenvalue weighted by Crippen LogP contribution is -2.10. The molecule has 0 radical (unpaired) electrons. The van der Waals surface area contributed by atoms with Crippen LogP contribution in [0.25, 0.3) is 27.9 Å². The van der Waals surface area contributed by atoms with Crippen molar-refractivity contribution in [3.05, 3.63) is 58.9 Å². The third-order valence-electron chi connectivity index (χ3n) is 4.89. The number of hydrogen-bond acceptors (Lipinski definition) is 6. The van der Waals surface area contributed by atoms with Crippen LogP contribution in [0.3, 0.4) is 0 Å². The average Bonchev–Trinajstić information content (AvgIpc) is 3.38. The molecule has 0 aliphatic carbocycles. The first-order valence-electron chi connectivity index (χ1n) is 8.59. The Kier molecular flexibility index (Phi) is 3.48. The van der Waals surface area contributed by atoms with Crippen molar-refractivity contribution in [2.45, 2.75) is 19.9 Å². The van der Waals surface area contributed by atoms with Crippen molar-refractivity contribution in [1.29, 1.82) is 0 Å². The molecule has 134 valence electrons. The molecule has 0 amide bonds. The predicted molar refractivity (Wildman–Crippen MR) is 107 cm³/mol. The molecule has 0 saturated carbocycles. The highest BCUT2D eigenvalue weighted by molar-refractivity contribution is 7.07. The minimum atomic E-state index is -0.0490. The summed E-state index contributed by atoms with van der Waals surface area (Å²) in [6, 6.07) is 8.30. The molecule has 5 aromatic rings. The zero-order valence-electron chi connectivity index (χ0n) is 14.9. The van der Waals surface area contributed by atoms with E-state index < -0.39 is 0 Å². The van der Waals surface area contributed by atoms with Crippen LogP contribution in [0.4, 0.5) is 5.82 Å². The van der Waals surface area contributed by atoms with E-state index in [1.54, 1.807) is 11.3 Å². The van der Waals surface area contributed by atoms with E-state index in [9.17, 15) is 0 Å². The van der Waals surface area contributed by atoms with Crippen LogP contribution in [0, 0.1) is 6.92 Å². The highest BCUT2D eigenvalue weighted by Crippen LogP contribution is 2.35. The van der Waals surface area contributed by atoms with Crippen LogP contribution in [-0.2, 0) is 0 Å². The van der Waals surface area contributed by atoms with Gasteiger partial charge in [0.2, 0.25) is 0 Å². The van der Waals surface area contributed by atoms with Gasteiger partial charge in [-0.15, -0.1) is 11.3 Å². The maximum absolute atomic E-state index is 6.06. The van der Waals surface area contributed by atoms with Gasteiger partial charge in [-0.1, -0.05) is 6.07 Å². The Hall–Kier alpha value is -3.26. The SMILES string of the molecule is Cc1nn(C(C)c2cc3ccccn3c2-c2cscn2)c2ncnc(N)c12. The number of aryl methyl sites for hydroxylation is 1. The molecule has 27 heavy (non-hydrogen) atoms. The van der Waals surface area contributed by atoms with E-state index in [0.717, 1.165) is 39.2 Å². The Bertz CT molecular complexity index is 1270. The van der Waals surface area contributed by atoms with E-state index >= 15 is 0 Å². The lowest BCUT2D eigenvalue weighted by Gasteiger charge is -2.14. The number of fused-ring (bicyclic) bond motifs is 2. The second-order valence-corrected chi connectivity index (χ2v) is 7.20. The van der Waals surface area contributed by atoms with Crippen molar-refractivity contribution in [3.8, 4) is 11.4 Å². The lowest BCUT2D eigenvalue weighted by molar-refractivity contribution is 0.576. The number of nitrogen functional groups attached to an aromatic ring is 1. The first-order chi connectivity index (χ1) is 13.1. The Morgan fingerprint density at radius 2 is 2.07 bits per heavy atom. The fraction of sp³-hybridized carbons (Fsp3) is 0.158. The van der Waals surface area contributed by atoms with Crippen molar-refractivity contribution in [3.63, 3.8) is 0 Å². The van der Waals surface area contributed by atoms with Gasteiger partial charge in [0.25, 0.3) is 0 Å². The third-order valence-corrected chi connectivity index (χ3v) is 5.48.